The van der Waals surface area contributed by atoms with Crippen LogP contribution in [0.1, 0.15) is 44.6 Å². The van der Waals surface area contributed by atoms with Crippen molar-refractivity contribution in [3.05, 3.63) is 48.2 Å². The average molecular weight is 385 g/mol. The number of nitrogens with zero attached hydrogens (tertiary/aromatic N) is 2. The largest absolute Gasteiger partial charge is 0.440 e. The summed E-state index contributed by atoms with van der Waals surface area (Å²) in [6.45, 7) is 6.06. The van der Waals surface area contributed by atoms with Gasteiger partial charge in [-0.05, 0) is 31.2 Å². The van der Waals surface area contributed by atoms with Crippen molar-refractivity contribution in [1.82, 2.24) is 15.3 Å². The number of amides is 2. The molecule has 2 amide bonds. The lowest BCUT2D eigenvalue weighted by atomic mass is 10.1. The van der Waals surface area contributed by atoms with Gasteiger partial charge in [0.05, 0.1) is 0 Å². The van der Waals surface area contributed by atoms with Crippen LogP contribution in [0, 0.1) is 0 Å². The van der Waals surface area contributed by atoms with E-state index in [1.165, 1.54) is 11.9 Å². The molecule has 2 saturated heterocycles. The number of ether oxygens (including phenoxy) is 1. The smallest absolute Gasteiger partial charge is 0.304 e. The van der Waals surface area contributed by atoms with Crippen LogP contribution in [-0.4, -0.2) is 46.6 Å². The predicted molar refractivity (Wildman–Crippen MR) is 103 cm³/mol. The van der Waals surface area contributed by atoms with Crippen LogP contribution < -0.4 is 5.32 Å². The fraction of sp³-hybridized carbons (Fsp3) is 0.476. The van der Waals surface area contributed by atoms with Crippen molar-refractivity contribution >= 4 is 17.8 Å². The number of hydrazine groups is 1. The summed E-state index contributed by atoms with van der Waals surface area (Å²) in [5.41, 5.74) is 1.88. The van der Waals surface area contributed by atoms with Crippen molar-refractivity contribution in [2.45, 2.75) is 57.7 Å². The molecular formula is C21H27N3O4. The summed E-state index contributed by atoms with van der Waals surface area (Å²) in [5.74, 6) is -0.849. The van der Waals surface area contributed by atoms with Gasteiger partial charge in [-0.15, -0.1) is 0 Å². The fourth-order valence-electron chi connectivity index (χ4n) is 3.70. The summed E-state index contributed by atoms with van der Waals surface area (Å²) in [5, 5.41) is 6.14. The van der Waals surface area contributed by atoms with E-state index in [9.17, 15) is 14.4 Å². The molecule has 0 aliphatic carbocycles. The number of hydrogen-bond acceptors (Lipinski definition) is 5. The lowest BCUT2D eigenvalue weighted by Crippen LogP contribution is -2.59. The second-order valence-corrected chi connectivity index (χ2v) is 7.22. The highest BCUT2D eigenvalue weighted by Gasteiger charge is 2.41. The van der Waals surface area contributed by atoms with Crippen molar-refractivity contribution in [2.24, 2.45) is 0 Å². The highest BCUT2D eigenvalue weighted by Crippen LogP contribution is 2.29. The Morgan fingerprint density at radius 1 is 1.25 bits per heavy atom. The van der Waals surface area contributed by atoms with E-state index in [4.69, 9.17) is 4.74 Å². The lowest BCUT2D eigenvalue weighted by molar-refractivity contribution is -0.196. The summed E-state index contributed by atoms with van der Waals surface area (Å²) in [4.78, 5) is 37.1. The Morgan fingerprint density at radius 3 is 2.71 bits per heavy atom. The van der Waals surface area contributed by atoms with Crippen molar-refractivity contribution in [3.8, 4) is 0 Å². The number of carbonyl (C=O) groups excluding carboxylic acids is 3. The second kappa shape index (κ2) is 8.91. The van der Waals surface area contributed by atoms with Gasteiger partial charge in [-0.3, -0.25) is 19.4 Å². The van der Waals surface area contributed by atoms with Crippen LogP contribution in [0.5, 0.6) is 0 Å². The standard InChI is InChI=1S/C21H27N3O4/c1-15-10-12-18(22-19(26)13-11-17-7-4-3-5-8-17)21(27)24-20(28-16(2)25)9-6-14-23(15)24/h3-5,7-8,18,20H,1,6,9-14H2,2H3,(H,22,26)/t18-,20+/m0/s1. The molecule has 0 spiro atoms. The molecule has 1 aromatic rings. The Hall–Kier alpha value is -2.83. The quantitative estimate of drug-likeness (QED) is 0.786. The number of carbonyl (C=O) groups is 3. The van der Waals surface area contributed by atoms with E-state index in [1.54, 1.807) is 5.01 Å². The van der Waals surface area contributed by atoms with Crippen LogP contribution >= 0.6 is 0 Å². The molecule has 0 aromatic heterocycles. The molecule has 150 valence electrons. The second-order valence-electron chi connectivity index (χ2n) is 7.22. The van der Waals surface area contributed by atoms with Crippen molar-refractivity contribution in [1.29, 1.82) is 0 Å². The van der Waals surface area contributed by atoms with Gasteiger partial charge in [0.1, 0.15) is 6.04 Å². The number of allylic oxidation sites excluding steroid dienone is 1. The minimum atomic E-state index is -0.655. The number of aryl methyl sites for hydroxylation is 1. The van der Waals surface area contributed by atoms with Gasteiger partial charge >= 0.3 is 5.97 Å². The Bertz CT molecular complexity index is 749. The van der Waals surface area contributed by atoms with Crippen molar-refractivity contribution in [3.63, 3.8) is 0 Å². The van der Waals surface area contributed by atoms with Crippen LogP contribution in [-0.2, 0) is 25.5 Å². The van der Waals surface area contributed by atoms with Gasteiger partial charge in [-0.1, -0.05) is 36.9 Å². The van der Waals surface area contributed by atoms with Gasteiger partial charge in [0, 0.05) is 32.0 Å². The third kappa shape index (κ3) is 4.71. The fourth-order valence-corrected chi connectivity index (χ4v) is 3.70. The third-order valence-electron chi connectivity index (χ3n) is 5.09. The van der Waals surface area contributed by atoms with Crippen molar-refractivity contribution < 1.29 is 19.1 Å². The first-order chi connectivity index (χ1) is 13.5. The molecule has 1 N–H and O–H groups in total. The number of benzene rings is 1. The van der Waals surface area contributed by atoms with E-state index < -0.39 is 18.2 Å². The van der Waals surface area contributed by atoms with E-state index >= 15 is 0 Å². The zero-order valence-electron chi connectivity index (χ0n) is 16.2. The monoisotopic (exact) mass is 385 g/mol. The molecule has 2 aliphatic heterocycles. The van der Waals surface area contributed by atoms with Gasteiger partial charge in [0.2, 0.25) is 5.91 Å². The Morgan fingerprint density at radius 2 is 2.00 bits per heavy atom. The maximum absolute atomic E-state index is 13.2. The highest BCUT2D eigenvalue weighted by molar-refractivity contribution is 5.88. The molecule has 0 unspecified atom stereocenters. The van der Waals surface area contributed by atoms with E-state index in [0.29, 0.717) is 38.6 Å². The van der Waals surface area contributed by atoms with Gasteiger partial charge in [-0.25, -0.2) is 5.01 Å². The lowest BCUT2D eigenvalue weighted by Gasteiger charge is -2.44. The predicted octanol–water partition coefficient (Wildman–Crippen LogP) is 2.14. The third-order valence-corrected chi connectivity index (χ3v) is 5.09. The van der Waals surface area contributed by atoms with Crippen LogP contribution in [0.15, 0.2) is 42.6 Å². The van der Waals surface area contributed by atoms with Crippen LogP contribution in [0.2, 0.25) is 0 Å². The molecule has 7 heteroatoms. The molecular weight excluding hydrogens is 358 g/mol. The number of hydrogen-bond donors (Lipinski definition) is 1. The van der Waals surface area contributed by atoms with Gasteiger partial charge in [0.15, 0.2) is 6.23 Å². The van der Waals surface area contributed by atoms with Gasteiger partial charge in [-0.2, -0.15) is 0 Å². The van der Waals surface area contributed by atoms with Gasteiger partial charge in [0.25, 0.3) is 5.91 Å². The molecule has 0 saturated carbocycles. The molecule has 1 aromatic carbocycles. The first kappa shape index (κ1) is 19.9. The Kier molecular flexibility index (Phi) is 6.34. The Labute approximate surface area is 165 Å². The summed E-state index contributed by atoms with van der Waals surface area (Å²) >= 11 is 0. The maximum atomic E-state index is 13.2. The minimum Gasteiger partial charge on any atom is -0.440 e. The zero-order chi connectivity index (χ0) is 20.1. The maximum Gasteiger partial charge on any atom is 0.304 e. The SMILES string of the molecule is C=C1CC[C@H](NC(=O)CCc2ccccc2)C(=O)N2[C@H](OC(C)=O)CCCN12. The number of fused-ring (bicyclic) bond motifs is 1. The molecule has 0 bridgehead atoms. The summed E-state index contributed by atoms with van der Waals surface area (Å²) in [6.07, 6.45) is 2.72. The van der Waals surface area contributed by atoms with Crippen LogP contribution in [0.4, 0.5) is 0 Å². The first-order valence-corrected chi connectivity index (χ1v) is 9.74. The molecule has 2 aliphatic rings. The van der Waals surface area contributed by atoms with E-state index in [0.717, 1.165) is 17.7 Å². The molecule has 28 heavy (non-hydrogen) atoms. The average Bonchev–Trinajstić information content (AvgIpc) is 2.79. The number of rotatable bonds is 5. The first-order valence-electron chi connectivity index (χ1n) is 9.74. The molecule has 2 atom stereocenters. The van der Waals surface area contributed by atoms with Crippen LogP contribution in [0.25, 0.3) is 0 Å². The summed E-state index contributed by atoms with van der Waals surface area (Å²) in [7, 11) is 0. The minimum absolute atomic E-state index is 0.165. The van der Waals surface area contributed by atoms with E-state index in [-0.39, 0.29) is 11.8 Å². The Balaban J connectivity index is 1.67. The highest BCUT2D eigenvalue weighted by atomic mass is 16.6. The van der Waals surface area contributed by atoms with Crippen LogP contribution in [0.3, 0.4) is 0 Å². The normalized spacial score (nSPS) is 22.3. The number of esters is 1. The summed E-state index contributed by atoms with van der Waals surface area (Å²) in [6, 6.07) is 9.11. The number of nitrogens with one attached hydrogen (secondary N) is 1. The topological polar surface area (TPSA) is 79.0 Å². The summed E-state index contributed by atoms with van der Waals surface area (Å²) < 4.78 is 5.36. The van der Waals surface area contributed by atoms with Crippen molar-refractivity contribution in [2.75, 3.05) is 6.54 Å². The zero-order valence-corrected chi connectivity index (χ0v) is 16.2. The molecule has 7 nitrogen and oxygen atoms in total. The molecule has 0 radical (unpaired) electrons. The molecule has 2 fully saturated rings. The van der Waals surface area contributed by atoms with E-state index in [1.807, 2.05) is 30.3 Å². The molecule has 2 heterocycles. The van der Waals surface area contributed by atoms with E-state index in [2.05, 4.69) is 11.9 Å². The molecule has 3 rings (SSSR count). The van der Waals surface area contributed by atoms with Gasteiger partial charge < -0.3 is 10.1 Å².